The monoisotopic (exact) mass is 523 g/mol. The molecule has 7 heteroatoms. The van der Waals surface area contributed by atoms with E-state index in [1.807, 2.05) is 19.3 Å². The molecule has 6 nitrogen and oxygen atoms in total. The number of nitrogens with zero attached hydrogens (tertiary/aromatic N) is 3. The Morgan fingerprint density at radius 2 is 1.87 bits per heavy atom. The van der Waals surface area contributed by atoms with Crippen LogP contribution in [0.1, 0.15) is 37.7 Å². The SMILES string of the molecule is CN=C(NCc1ccnc2ccccc12)NCC1(N2CCOCC2)CCCCC1.I. The number of halogens is 1. The van der Waals surface area contributed by atoms with E-state index < -0.39 is 0 Å². The van der Waals surface area contributed by atoms with Crippen LogP contribution in [0.2, 0.25) is 0 Å². The third-order valence-electron chi connectivity index (χ3n) is 6.46. The number of nitrogens with one attached hydrogen (secondary N) is 2. The molecule has 0 spiro atoms. The lowest BCUT2D eigenvalue weighted by atomic mass is 9.80. The van der Waals surface area contributed by atoms with Gasteiger partial charge in [0.2, 0.25) is 0 Å². The van der Waals surface area contributed by atoms with E-state index in [1.165, 1.54) is 43.1 Å². The molecule has 1 aliphatic carbocycles. The molecule has 2 N–H and O–H groups in total. The molecule has 2 aliphatic rings. The van der Waals surface area contributed by atoms with E-state index in [1.54, 1.807) is 0 Å². The van der Waals surface area contributed by atoms with Crippen molar-refractivity contribution in [1.82, 2.24) is 20.5 Å². The number of guanidine groups is 1. The summed E-state index contributed by atoms with van der Waals surface area (Å²) in [5, 5.41) is 8.33. The van der Waals surface area contributed by atoms with Crippen LogP contribution >= 0.6 is 24.0 Å². The zero-order valence-electron chi connectivity index (χ0n) is 17.9. The van der Waals surface area contributed by atoms with Crippen LogP contribution in [0, 0.1) is 0 Å². The van der Waals surface area contributed by atoms with Crippen molar-refractivity contribution in [1.29, 1.82) is 0 Å². The maximum absolute atomic E-state index is 5.60. The number of aromatic nitrogens is 1. The second kappa shape index (κ2) is 11.2. The van der Waals surface area contributed by atoms with Gasteiger partial charge in [-0.2, -0.15) is 0 Å². The molecule has 4 rings (SSSR count). The molecule has 0 bridgehead atoms. The average Bonchev–Trinajstić information content (AvgIpc) is 2.80. The number of morpholine rings is 1. The Kier molecular flexibility index (Phi) is 8.71. The second-order valence-electron chi connectivity index (χ2n) is 8.15. The number of hydrogen-bond acceptors (Lipinski definition) is 4. The van der Waals surface area contributed by atoms with Crippen LogP contribution in [0.5, 0.6) is 0 Å². The summed E-state index contributed by atoms with van der Waals surface area (Å²) in [6.07, 6.45) is 8.37. The Hall–Kier alpha value is -1.45. The first-order valence-corrected chi connectivity index (χ1v) is 10.9. The number of aliphatic imine (C=N–C) groups is 1. The minimum atomic E-state index is 0. The summed E-state index contributed by atoms with van der Waals surface area (Å²) in [4.78, 5) is 11.6. The van der Waals surface area contributed by atoms with Gasteiger partial charge in [-0.05, 0) is 30.5 Å². The summed E-state index contributed by atoms with van der Waals surface area (Å²) < 4.78 is 5.60. The number of benzene rings is 1. The summed E-state index contributed by atoms with van der Waals surface area (Å²) in [5.74, 6) is 0.865. The van der Waals surface area contributed by atoms with Gasteiger partial charge in [0.05, 0.1) is 18.7 Å². The molecule has 0 amide bonds. The van der Waals surface area contributed by atoms with Gasteiger partial charge in [0.25, 0.3) is 0 Å². The quantitative estimate of drug-likeness (QED) is 0.357. The third-order valence-corrected chi connectivity index (χ3v) is 6.46. The van der Waals surface area contributed by atoms with Crippen LogP contribution < -0.4 is 10.6 Å². The fourth-order valence-electron chi connectivity index (χ4n) is 4.81. The molecule has 0 radical (unpaired) electrons. The summed E-state index contributed by atoms with van der Waals surface area (Å²) in [6.45, 7) is 5.44. The highest BCUT2D eigenvalue weighted by atomic mass is 127. The maximum Gasteiger partial charge on any atom is 0.191 e. The van der Waals surface area contributed by atoms with Crippen LogP contribution in [0.3, 0.4) is 0 Å². The topological polar surface area (TPSA) is 61.8 Å². The molecule has 1 aliphatic heterocycles. The van der Waals surface area contributed by atoms with Gasteiger partial charge in [0, 0.05) is 50.3 Å². The van der Waals surface area contributed by atoms with Gasteiger partial charge in [0.1, 0.15) is 0 Å². The van der Waals surface area contributed by atoms with Gasteiger partial charge in [-0.15, -0.1) is 24.0 Å². The van der Waals surface area contributed by atoms with Crippen LogP contribution in [-0.2, 0) is 11.3 Å². The van der Waals surface area contributed by atoms with Crippen LogP contribution in [0.15, 0.2) is 41.5 Å². The first-order chi connectivity index (χ1) is 14.3. The Morgan fingerprint density at radius 1 is 1.10 bits per heavy atom. The van der Waals surface area contributed by atoms with Crippen molar-refractivity contribution >= 4 is 40.8 Å². The molecule has 30 heavy (non-hydrogen) atoms. The molecule has 1 saturated heterocycles. The van der Waals surface area contributed by atoms with Crippen LogP contribution in [-0.4, -0.2) is 61.3 Å². The van der Waals surface area contributed by atoms with Crippen molar-refractivity contribution in [3.63, 3.8) is 0 Å². The Balaban J connectivity index is 0.00000256. The third kappa shape index (κ3) is 5.42. The van der Waals surface area contributed by atoms with Crippen molar-refractivity contribution in [3.05, 3.63) is 42.1 Å². The Bertz CT molecular complexity index is 826. The lowest BCUT2D eigenvalue weighted by Crippen LogP contribution is -2.60. The number of ether oxygens (including phenoxy) is 1. The Labute approximate surface area is 196 Å². The summed E-state index contributed by atoms with van der Waals surface area (Å²) in [5.41, 5.74) is 2.49. The molecule has 1 saturated carbocycles. The first-order valence-electron chi connectivity index (χ1n) is 10.9. The van der Waals surface area contributed by atoms with E-state index in [9.17, 15) is 0 Å². The summed E-state index contributed by atoms with van der Waals surface area (Å²) >= 11 is 0. The van der Waals surface area contributed by atoms with Crippen molar-refractivity contribution in [2.45, 2.75) is 44.2 Å². The van der Waals surface area contributed by atoms with Crippen molar-refractivity contribution in [3.8, 4) is 0 Å². The molecule has 1 aromatic heterocycles. The molecule has 1 aromatic carbocycles. The van der Waals surface area contributed by atoms with E-state index >= 15 is 0 Å². The van der Waals surface area contributed by atoms with Crippen molar-refractivity contribution in [2.24, 2.45) is 4.99 Å². The molecule has 2 fully saturated rings. The highest BCUT2D eigenvalue weighted by Gasteiger charge is 2.38. The molecule has 2 heterocycles. The molecular formula is C23H34IN5O. The van der Waals surface area contributed by atoms with E-state index in [0.717, 1.165) is 50.9 Å². The fourth-order valence-corrected chi connectivity index (χ4v) is 4.81. The molecule has 0 atom stereocenters. The molecular weight excluding hydrogens is 489 g/mol. The van der Waals surface area contributed by atoms with Crippen LogP contribution in [0.25, 0.3) is 10.9 Å². The van der Waals surface area contributed by atoms with E-state index in [-0.39, 0.29) is 29.5 Å². The highest BCUT2D eigenvalue weighted by Crippen LogP contribution is 2.33. The lowest BCUT2D eigenvalue weighted by molar-refractivity contribution is -0.0352. The minimum absolute atomic E-state index is 0. The van der Waals surface area contributed by atoms with E-state index in [0.29, 0.717) is 0 Å². The van der Waals surface area contributed by atoms with Gasteiger partial charge < -0.3 is 15.4 Å². The van der Waals surface area contributed by atoms with Crippen molar-refractivity contribution < 1.29 is 4.74 Å². The second-order valence-corrected chi connectivity index (χ2v) is 8.15. The number of hydrogen-bond donors (Lipinski definition) is 2. The first kappa shape index (κ1) is 23.2. The predicted octanol–water partition coefficient (Wildman–Crippen LogP) is 3.55. The average molecular weight is 523 g/mol. The standard InChI is InChI=1S/C23H33N5O.HI/c1-24-22(26-17-19-9-12-25-21-8-4-3-7-20(19)21)27-18-23(10-5-2-6-11-23)28-13-15-29-16-14-28;/h3-4,7-9,12H,2,5-6,10-11,13-18H2,1H3,(H2,24,26,27);1H. The minimum Gasteiger partial charge on any atom is -0.379 e. The fraction of sp³-hybridized carbons (Fsp3) is 0.565. The van der Waals surface area contributed by atoms with Gasteiger partial charge in [-0.1, -0.05) is 37.5 Å². The van der Waals surface area contributed by atoms with Gasteiger partial charge >= 0.3 is 0 Å². The smallest absolute Gasteiger partial charge is 0.191 e. The largest absolute Gasteiger partial charge is 0.379 e. The van der Waals surface area contributed by atoms with Gasteiger partial charge in [-0.25, -0.2) is 0 Å². The Morgan fingerprint density at radius 3 is 2.63 bits per heavy atom. The number of rotatable bonds is 5. The maximum atomic E-state index is 5.60. The molecule has 2 aromatic rings. The molecule has 164 valence electrons. The zero-order valence-corrected chi connectivity index (χ0v) is 20.2. The predicted molar refractivity (Wildman–Crippen MR) is 134 cm³/mol. The normalized spacial score (nSPS) is 19.8. The van der Waals surface area contributed by atoms with Crippen molar-refractivity contribution in [2.75, 3.05) is 39.9 Å². The van der Waals surface area contributed by atoms with Gasteiger partial charge in [-0.3, -0.25) is 14.9 Å². The van der Waals surface area contributed by atoms with Crippen LogP contribution in [0.4, 0.5) is 0 Å². The van der Waals surface area contributed by atoms with Gasteiger partial charge in [0.15, 0.2) is 5.96 Å². The van der Waals surface area contributed by atoms with E-state index in [4.69, 9.17) is 4.74 Å². The lowest BCUT2D eigenvalue weighted by Gasteiger charge is -2.48. The number of pyridine rings is 1. The summed E-state index contributed by atoms with van der Waals surface area (Å²) in [6, 6.07) is 10.4. The zero-order chi connectivity index (χ0) is 19.9. The van der Waals surface area contributed by atoms with E-state index in [2.05, 4.69) is 49.8 Å². The number of para-hydroxylation sites is 1. The number of fused-ring (bicyclic) bond motifs is 1. The molecule has 0 unspecified atom stereocenters. The highest BCUT2D eigenvalue weighted by molar-refractivity contribution is 14.0. The summed E-state index contributed by atoms with van der Waals surface area (Å²) in [7, 11) is 1.85.